The number of nitrogens with zero attached hydrogens (tertiary/aromatic N) is 3. The van der Waals surface area contributed by atoms with Crippen molar-refractivity contribution in [2.24, 2.45) is 0 Å². The second-order valence-corrected chi connectivity index (χ2v) is 7.67. The van der Waals surface area contributed by atoms with Crippen molar-refractivity contribution in [3.05, 3.63) is 46.5 Å². The van der Waals surface area contributed by atoms with Gasteiger partial charge in [-0.25, -0.2) is 0 Å². The van der Waals surface area contributed by atoms with Gasteiger partial charge in [0.05, 0.1) is 24.3 Å². The van der Waals surface area contributed by atoms with Crippen LogP contribution in [0.1, 0.15) is 53.4 Å². The Morgan fingerprint density at radius 1 is 1.30 bits per heavy atom. The van der Waals surface area contributed by atoms with Gasteiger partial charge in [-0.05, 0) is 42.1 Å². The highest BCUT2D eigenvalue weighted by Crippen LogP contribution is 2.42. The van der Waals surface area contributed by atoms with Gasteiger partial charge in [0.1, 0.15) is 6.10 Å². The molecule has 2 aromatic rings. The van der Waals surface area contributed by atoms with E-state index in [1.807, 2.05) is 0 Å². The van der Waals surface area contributed by atoms with Gasteiger partial charge in [-0.2, -0.15) is 13.2 Å². The molecule has 1 aliphatic carbocycles. The number of benzene rings is 1. The summed E-state index contributed by atoms with van der Waals surface area (Å²) in [4.78, 5) is 14.8. The van der Waals surface area contributed by atoms with Gasteiger partial charge in [0.25, 0.3) is 5.91 Å². The van der Waals surface area contributed by atoms with E-state index in [0.29, 0.717) is 12.2 Å². The van der Waals surface area contributed by atoms with Gasteiger partial charge >= 0.3 is 6.18 Å². The van der Waals surface area contributed by atoms with Gasteiger partial charge in [0, 0.05) is 5.38 Å². The minimum atomic E-state index is -4.42. The summed E-state index contributed by atoms with van der Waals surface area (Å²) in [7, 11) is 0. The molecule has 0 unspecified atom stereocenters. The highest BCUT2D eigenvalue weighted by atomic mass is 32.1. The Morgan fingerprint density at radius 3 is 2.74 bits per heavy atom. The average Bonchev–Trinajstić information content (AvgIpc) is 3.34. The normalized spacial score (nSPS) is 22.3. The molecule has 144 valence electrons. The average molecular weight is 397 g/mol. The molecule has 0 radical (unpaired) electrons. The highest BCUT2D eigenvalue weighted by Gasteiger charge is 2.47. The lowest BCUT2D eigenvalue weighted by atomic mass is 9.91. The van der Waals surface area contributed by atoms with Crippen LogP contribution < -0.4 is 0 Å². The zero-order valence-electron chi connectivity index (χ0n) is 14.4. The molecule has 2 heterocycles. The molecule has 1 atom stereocenters. The predicted molar refractivity (Wildman–Crippen MR) is 92.3 cm³/mol. The second kappa shape index (κ2) is 6.87. The molecule has 4 rings (SSSR count). The first-order chi connectivity index (χ1) is 12.9. The van der Waals surface area contributed by atoms with E-state index in [-0.39, 0.29) is 18.1 Å². The number of morpholine rings is 1. The molecule has 5 nitrogen and oxygen atoms in total. The number of rotatable bonds is 2. The highest BCUT2D eigenvalue weighted by molar-refractivity contribution is 7.03. The van der Waals surface area contributed by atoms with E-state index >= 15 is 0 Å². The van der Waals surface area contributed by atoms with E-state index in [1.165, 1.54) is 6.07 Å². The van der Waals surface area contributed by atoms with Crippen molar-refractivity contribution >= 4 is 17.4 Å². The number of carbonyl (C=O) groups is 1. The van der Waals surface area contributed by atoms with Crippen LogP contribution in [-0.4, -0.2) is 39.1 Å². The lowest BCUT2D eigenvalue weighted by Gasteiger charge is -2.47. The Kier molecular flexibility index (Phi) is 4.67. The van der Waals surface area contributed by atoms with Crippen molar-refractivity contribution in [1.29, 1.82) is 0 Å². The molecule has 1 amide bonds. The molecule has 1 aromatic carbocycles. The molecule has 1 saturated heterocycles. The molecule has 2 aliphatic rings. The van der Waals surface area contributed by atoms with Crippen molar-refractivity contribution < 1.29 is 22.7 Å². The topological polar surface area (TPSA) is 55.3 Å². The Morgan fingerprint density at radius 2 is 2.07 bits per heavy atom. The third kappa shape index (κ3) is 3.45. The quantitative estimate of drug-likeness (QED) is 0.766. The van der Waals surface area contributed by atoms with E-state index in [4.69, 9.17) is 4.74 Å². The molecule has 2 fully saturated rings. The number of carbonyl (C=O) groups excluding carboxylic acids is 1. The first-order valence-electron chi connectivity index (χ1n) is 8.77. The molecule has 9 heteroatoms. The first-order valence-corrected chi connectivity index (χ1v) is 9.60. The van der Waals surface area contributed by atoms with Crippen LogP contribution in [0.3, 0.4) is 0 Å². The SMILES string of the molecule is O=C(c1csnn1)N1C[C@H](c2cccc(C(F)(F)F)c2)OCC12CCCC2. The number of aromatic nitrogens is 2. The molecule has 27 heavy (non-hydrogen) atoms. The third-order valence-corrected chi connectivity index (χ3v) is 5.92. The fraction of sp³-hybridized carbons (Fsp3) is 0.500. The maximum absolute atomic E-state index is 13.0. The molecule has 1 aliphatic heterocycles. The van der Waals surface area contributed by atoms with Gasteiger partial charge in [-0.15, -0.1) is 5.10 Å². The zero-order chi connectivity index (χ0) is 19.1. The van der Waals surface area contributed by atoms with Crippen LogP contribution in [0.5, 0.6) is 0 Å². The summed E-state index contributed by atoms with van der Waals surface area (Å²) in [6, 6.07) is 5.12. The molecular formula is C18H18F3N3O2S. The summed E-state index contributed by atoms with van der Waals surface area (Å²) < 4.78 is 48.9. The molecule has 0 N–H and O–H groups in total. The van der Waals surface area contributed by atoms with E-state index in [1.54, 1.807) is 16.3 Å². The fourth-order valence-corrected chi connectivity index (χ4v) is 4.43. The van der Waals surface area contributed by atoms with Crippen molar-refractivity contribution in [2.75, 3.05) is 13.2 Å². The molecule has 1 spiro atoms. The van der Waals surface area contributed by atoms with Crippen LogP contribution in [0, 0.1) is 0 Å². The standard InChI is InChI=1S/C18H18F3N3O2S/c19-18(20,21)13-5-3-4-12(8-13)15-9-24(16(25)14-10-27-23-22-14)17(11-26-15)6-1-2-7-17/h3-5,8,10,15H,1-2,6-7,9,11H2/t15-/m1/s1. The van der Waals surface area contributed by atoms with Crippen LogP contribution in [0.15, 0.2) is 29.6 Å². The number of ether oxygens (including phenoxy) is 1. The zero-order valence-corrected chi connectivity index (χ0v) is 15.2. The minimum absolute atomic E-state index is 0.206. The monoisotopic (exact) mass is 397 g/mol. The number of hydrogen-bond donors (Lipinski definition) is 0. The van der Waals surface area contributed by atoms with Gasteiger partial charge < -0.3 is 9.64 Å². The van der Waals surface area contributed by atoms with Gasteiger partial charge in [0.15, 0.2) is 5.69 Å². The van der Waals surface area contributed by atoms with Gasteiger partial charge in [-0.3, -0.25) is 4.79 Å². The van der Waals surface area contributed by atoms with Gasteiger partial charge in [-0.1, -0.05) is 29.5 Å². The maximum atomic E-state index is 13.0. The maximum Gasteiger partial charge on any atom is 0.416 e. The fourth-order valence-electron chi connectivity index (χ4n) is 4.00. The Labute approximate surface area is 158 Å². The van der Waals surface area contributed by atoms with Crippen LogP contribution in [0.25, 0.3) is 0 Å². The third-order valence-electron chi connectivity index (χ3n) is 5.42. The van der Waals surface area contributed by atoms with Crippen LogP contribution in [-0.2, 0) is 10.9 Å². The summed E-state index contributed by atoms with van der Waals surface area (Å²) >= 11 is 1.10. The lowest BCUT2D eigenvalue weighted by molar-refractivity contribution is -0.138. The van der Waals surface area contributed by atoms with Gasteiger partial charge in [0.2, 0.25) is 0 Å². The van der Waals surface area contributed by atoms with Crippen LogP contribution >= 0.6 is 11.5 Å². The number of halogens is 3. The predicted octanol–water partition coefficient (Wildman–Crippen LogP) is 4.08. The Balaban J connectivity index is 1.63. The van der Waals surface area contributed by atoms with Crippen molar-refractivity contribution in [1.82, 2.24) is 14.5 Å². The lowest BCUT2D eigenvalue weighted by Crippen LogP contribution is -2.58. The van der Waals surface area contributed by atoms with Crippen molar-refractivity contribution in [3.8, 4) is 0 Å². The van der Waals surface area contributed by atoms with E-state index in [9.17, 15) is 18.0 Å². The van der Waals surface area contributed by atoms with E-state index in [0.717, 1.165) is 49.3 Å². The smallest absolute Gasteiger partial charge is 0.369 e. The molecule has 0 bridgehead atoms. The first kappa shape index (κ1) is 18.4. The Bertz CT molecular complexity index is 820. The molecular weight excluding hydrogens is 379 g/mol. The van der Waals surface area contributed by atoms with Crippen LogP contribution in [0.2, 0.25) is 0 Å². The Hall–Kier alpha value is -2.00. The van der Waals surface area contributed by atoms with Crippen molar-refractivity contribution in [3.63, 3.8) is 0 Å². The summed E-state index contributed by atoms with van der Waals surface area (Å²) in [6.07, 6.45) is -1.38. The van der Waals surface area contributed by atoms with E-state index < -0.39 is 23.4 Å². The number of hydrogen-bond acceptors (Lipinski definition) is 5. The van der Waals surface area contributed by atoms with Crippen LogP contribution in [0.4, 0.5) is 13.2 Å². The number of amides is 1. The summed E-state index contributed by atoms with van der Waals surface area (Å²) in [5, 5.41) is 5.47. The number of alkyl halides is 3. The molecule has 1 saturated carbocycles. The summed E-state index contributed by atoms with van der Waals surface area (Å²) in [5.74, 6) is -0.231. The summed E-state index contributed by atoms with van der Waals surface area (Å²) in [5.41, 5.74) is -0.423. The summed E-state index contributed by atoms with van der Waals surface area (Å²) in [6.45, 7) is 0.523. The van der Waals surface area contributed by atoms with Crippen molar-refractivity contribution in [2.45, 2.75) is 43.5 Å². The minimum Gasteiger partial charge on any atom is -0.369 e. The second-order valence-electron chi connectivity index (χ2n) is 7.06. The van der Waals surface area contributed by atoms with E-state index in [2.05, 4.69) is 9.59 Å². The largest absolute Gasteiger partial charge is 0.416 e. The molecule has 1 aromatic heterocycles.